The highest BCUT2D eigenvalue weighted by Crippen LogP contribution is 2.32. The lowest BCUT2D eigenvalue weighted by molar-refractivity contribution is 0.0939. The topological polar surface area (TPSA) is 63.9 Å². The number of hydrogen-bond donors (Lipinski definition) is 1. The number of carbonyl (C=O) groups is 1. The molecule has 1 atom stereocenters. The summed E-state index contributed by atoms with van der Waals surface area (Å²) in [5.74, 6) is 1.92. The van der Waals surface area contributed by atoms with E-state index >= 15 is 0 Å². The molecule has 2 aromatic carbocycles. The van der Waals surface area contributed by atoms with Crippen LogP contribution in [0.15, 0.2) is 52.9 Å². The average Bonchev–Trinajstić information content (AvgIpc) is 3.27. The number of para-hydroxylation sites is 1. The van der Waals surface area contributed by atoms with Gasteiger partial charge in [-0.15, -0.1) is 0 Å². The summed E-state index contributed by atoms with van der Waals surface area (Å²) in [6.07, 6.45) is 0. The largest absolute Gasteiger partial charge is 0.459 e. The quantitative estimate of drug-likeness (QED) is 0.764. The first-order valence-electron chi connectivity index (χ1n) is 8.44. The van der Waals surface area contributed by atoms with Gasteiger partial charge < -0.3 is 19.2 Å². The summed E-state index contributed by atoms with van der Waals surface area (Å²) in [4.78, 5) is 14.5. The van der Waals surface area contributed by atoms with Crippen molar-refractivity contribution in [2.75, 3.05) is 27.4 Å². The van der Waals surface area contributed by atoms with Crippen LogP contribution in [0.2, 0.25) is 0 Å². The number of nitrogens with one attached hydrogen (secondary N) is 1. The number of amides is 1. The van der Waals surface area contributed by atoms with E-state index in [9.17, 15) is 4.79 Å². The fraction of sp³-hybridized carbons (Fsp3) is 0.250. The fourth-order valence-corrected chi connectivity index (χ4v) is 3.03. The van der Waals surface area contributed by atoms with Crippen LogP contribution in [-0.4, -0.2) is 38.2 Å². The molecule has 3 aromatic rings. The molecule has 0 saturated heterocycles. The van der Waals surface area contributed by atoms with Gasteiger partial charge in [-0.25, -0.2) is 0 Å². The van der Waals surface area contributed by atoms with Gasteiger partial charge in [-0.2, -0.15) is 0 Å². The monoisotopic (exact) mass is 352 g/mol. The molecule has 1 aliphatic rings. The van der Waals surface area contributed by atoms with E-state index in [0.717, 1.165) is 16.7 Å². The normalized spacial score (nSPS) is 14.0. The lowest BCUT2D eigenvalue weighted by Crippen LogP contribution is -2.34. The maximum Gasteiger partial charge on any atom is 0.251 e. The molecule has 2 heterocycles. The Balaban J connectivity index is 1.49. The Morgan fingerprint density at radius 3 is 2.73 bits per heavy atom. The summed E-state index contributed by atoms with van der Waals surface area (Å²) in [5.41, 5.74) is 1.38. The molecule has 0 radical (unpaired) electrons. The highest BCUT2D eigenvalue weighted by molar-refractivity contribution is 5.95. The molecule has 1 N–H and O–H groups in total. The van der Waals surface area contributed by atoms with Gasteiger partial charge in [-0.05, 0) is 44.4 Å². The predicted molar refractivity (Wildman–Crippen MR) is 97.5 cm³/mol. The minimum atomic E-state index is -0.161. The van der Waals surface area contributed by atoms with E-state index < -0.39 is 0 Å². The zero-order valence-electron chi connectivity index (χ0n) is 14.7. The van der Waals surface area contributed by atoms with Crippen LogP contribution >= 0.6 is 0 Å². The third kappa shape index (κ3) is 3.11. The molecular weight excluding hydrogens is 332 g/mol. The van der Waals surface area contributed by atoms with Crippen molar-refractivity contribution in [3.63, 3.8) is 0 Å². The molecule has 134 valence electrons. The zero-order chi connectivity index (χ0) is 18.1. The molecule has 1 aromatic heterocycles. The fourth-order valence-electron chi connectivity index (χ4n) is 3.03. The number of likely N-dealkylation sites (N-methyl/N-ethyl adjacent to an activating group) is 1. The van der Waals surface area contributed by atoms with E-state index in [-0.39, 0.29) is 18.7 Å². The number of carbonyl (C=O) groups excluding carboxylic acids is 1. The molecule has 0 bridgehead atoms. The number of rotatable bonds is 5. The summed E-state index contributed by atoms with van der Waals surface area (Å²) >= 11 is 0. The van der Waals surface area contributed by atoms with E-state index in [0.29, 0.717) is 23.6 Å². The Morgan fingerprint density at radius 1 is 1.12 bits per heavy atom. The van der Waals surface area contributed by atoms with Crippen molar-refractivity contribution in [3.05, 3.63) is 59.9 Å². The number of hydrogen-bond acceptors (Lipinski definition) is 5. The zero-order valence-corrected chi connectivity index (χ0v) is 14.7. The molecule has 6 heteroatoms. The highest BCUT2D eigenvalue weighted by atomic mass is 16.7. The summed E-state index contributed by atoms with van der Waals surface area (Å²) in [6, 6.07) is 15.0. The minimum Gasteiger partial charge on any atom is -0.459 e. The van der Waals surface area contributed by atoms with Crippen molar-refractivity contribution >= 4 is 16.9 Å². The van der Waals surface area contributed by atoms with Crippen LogP contribution in [0.25, 0.3) is 11.0 Å². The van der Waals surface area contributed by atoms with Crippen molar-refractivity contribution in [1.82, 2.24) is 10.2 Å². The van der Waals surface area contributed by atoms with Crippen molar-refractivity contribution in [3.8, 4) is 11.5 Å². The van der Waals surface area contributed by atoms with Crippen LogP contribution in [0.5, 0.6) is 11.5 Å². The van der Waals surface area contributed by atoms with Crippen LogP contribution < -0.4 is 14.8 Å². The first-order chi connectivity index (χ1) is 12.6. The Labute approximate surface area is 151 Å². The molecule has 4 rings (SSSR count). The van der Waals surface area contributed by atoms with Crippen molar-refractivity contribution < 1.29 is 18.7 Å². The lowest BCUT2D eigenvalue weighted by atomic mass is 10.1. The third-order valence-corrected chi connectivity index (χ3v) is 4.49. The number of furan rings is 1. The molecule has 1 aliphatic heterocycles. The van der Waals surface area contributed by atoms with Crippen molar-refractivity contribution in [2.24, 2.45) is 0 Å². The van der Waals surface area contributed by atoms with Gasteiger partial charge in [0.05, 0.1) is 6.04 Å². The first kappa shape index (κ1) is 16.5. The summed E-state index contributed by atoms with van der Waals surface area (Å²) in [5, 5.41) is 4.03. The lowest BCUT2D eigenvalue weighted by Gasteiger charge is -2.22. The van der Waals surface area contributed by atoms with Gasteiger partial charge in [0.1, 0.15) is 11.3 Å². The van der Waals surface area contributed by atoms with Gasteiger partial charge in [0.2, 0.25) is 6.79 Å². The van der Waals surface area contributed by atoms with Crippen LogP contribution in [0, 0.1) is 0 Å². The predicted octanol–water partition coefficient (Wildman–Crippen LogP) is 3.19. The van der Waals surface area contributed by atoms with Gasteiger partial charge in [-0.3, -0.25) is 9.69 Å². The number of benzene rings is 2. The van der Waals surface area contributed by atoms with E-state index in [4.69, 9.17) is 13.9 Å². The average molecular weight is 352 g/mol. The Kier molecular flexibility index (Phi) is 4.26. The minimum absolute atomic E-state index is 0.0691. The summed E-state index contributed by atoms with van der Waals surface area (Å²) in [7, 11) is 3.93. The molecular formula is C20H20N2O4. The molecule has 1 amide bonds. The van der Waals surface area contributed by atoms with E-state index in [2.05, 4.69) is 5.32 Å². The first-order valence-corrected chi connectivity index (χ1v) is 8.44. The van der Waals surface area contributed by atoms with Crippen LogP contribution in [0.4, 0.5) is 0 Å². The smallest absolute Gasteiger partial charge is 0.251 e. The number of ether oxygens (including phenoxy) is 2. The molecule has 0 unspecified atom stereocenters. The summed E-state index contributed by atoms with van der Waals surface area (Å²) < 4.78 is 16.6. The van der Waals surface area contributed by atoms with Crippen LogP contribution in [0.3, 0.4) is 0 Å². The van der Waals surface area contributed by atoms with Crippen LogP contribution in [0.1, 0.15) is 22.2 Å². The Morgan fingerprint density at radius 2 is 1.92 bits per heavy atom. The highest BCUT2D eigenvalue weighted by Gasteiger charge is 2.21. The number of nitrogens with zero attached hydrogens (tertiary/aromatic N) is 1. The van der Waals surface area contributed by atoms with Crippen molar-refractivity contribution in [2.45, 2.75) is 6.04 Å². The van der Waals surface area contributed by atoms with Gasteiger partial charge in [0, 0.05) is 17.5 Å². The summed E-state index contributed by atoms with van der Waals surface area (Å²) in [6.45, 7) is 0.620. The van der Waals surface area contributed by atoms with Gasteiger partial charge >= 0.3 is 0 Å². The maximum atomic E-state index is 12.5. The van der Waals surface area contributed by atoms with E-state index in [1.165, 1.54) is 0 Å². The molecule has 0 saturated carbocycles. The Hall–Kier alpha value is -2.99. The van der Waals surface area contributed by atoms with Gasteiger partial charge in [0.25, 0.3) is 5.91 Å². The van der Waals surface area contributed by atoms with E-state index in [1.807, 2.05) is 49.3 Å². The molecule has 6 nitrogen and oxygen atoms in total. The van der Waals surface area contributed by atoms with Crippen molar-refractivity contribution in [1.29, 1.82) is 0 Å². The number of fused-ring (bicyclic) bond motifs is 2. The Bertz CT molecular complexity index is 915. The molecule has 26 heavy (non-hydrogen) atoms. The molecule has 0 aliphatic carbocycles. The second-order valence-electron chi connectivity index (χ2n) is 6.44. The third-order valence-electron chi connectivity index (χ3n) is 4.49. The van der Waals surface area contributed by atoms with E-state index in [1.54, 1.807) is 18.2 Å². The second kappa shape index (κ2) is 6.72. The maximum absolute atomic E-state index is 12.5. The van der Waals surface area contributed by atoms with Gasteiger partial charge in [-0.1, -0.05) is 18.2 Å². The molecule has 0 spiro atoms. The SMILES string of the molecule is CN(C)[C@@H](CNC(=O)c1ccc2c(c1)OCO2)c1cc2ccccc2o1. The molecule has 0 fully saturated rings. The van der Waals surface area contributed by atoms with Gasteiger partial charge in [0.15, 0.2) is 11.5 Å². The standard InChI is InChI=1S/C20H20N2O4/c1-22(2)15(18-9-13-5-3-4-6-16(13)26-18)11-21-20(23)14-7-8-17-19(10-14)25-12-24-17/h3-10,15H,11-12H2,1-2H3,(H,21,23)/t15-/m0/s1. The van der Waals surface area contributed by atoms with Crippen LogP contribution in [-0.2, 0) is 0 Å². The second-order valence-corrected chi connectivity index (χ2v) is 6.44.